The molecule has 33 heavy (non-hydrogen) atoms. The van der Waals surface area contributed by atoms with E-state index in [0.29, 0.717) is 11.1 Å². The molecule has 1 unspecified atom stereocenters. The van der Waals surface area contributed by atoms with E-state index in [-0.39, 0.29) is 3.63 Å². The molecule has 2 aliphatic rings. The van der Waals surface area contributed by atoms with E-state index in [0.717, 1.165) is 22.8 Å². The van der Waals surface area contributed by atoms with E-state index >= 15 is 4.39 Å². The summed E-state index contributed by atoms with van der Waals surface area (Å²) in [5.74, 6) is -1.12. The van der Waals surface area contributed by atoms with Gasteiger partial charge in [0.05, 0.1) is 0 Å². The van der Waals surface area contributed by atoms with Gasteiger partial charge in [0.2, 0.25) is 0 Å². The summed E-state index contributed by atoms with van der Waals surface area (Å²) in [6.07, 6.45) is 0. The van der Waals surface area contributed by atoms with E-state index in [4.69, 9.17) is 17.0 Å². The molecule has 0 aromatic heterocycles. The molecule has 0 bridgehead atoms. The molecular formula is C27H30Cl2F2SiZr. The van der Waals surface area contributed by atoms with Crippen LogP contribution in [0.4, 0.5) is 8.78 Å². The van der Waals surface area contributed by atoms with Crippen molar-refractivity contribution in [2.75, 3.05) is 0 Å². The van der Waals surface area contributed by atoms with Crippen LogP contribution in [0.3, 0.4) is 0 Å². The van der Waals surface area contributed by atoms with Gasteiger partial charge in [0, 0.05) is 0 Å². The molecule has 174 valence electrons. The number of hydrogen-bond donors (Lipinski definition) is 0. The minimum absolute atomic E-state index is 0.0500. The molecule has 6 heteroatoms. The van der Waals surface area contributed by atoms with Gasteiger partial charge in [-0.15, -0.1) is 0 Å². The van der Waals surface area contributed by atoms with Gasteiger partial charge in [0.25, 0.3) is 0 Å². The number of hydrogen-bond acceptors (Lipinski definition) is 0. The van der Waals surface area contributed by atoms with E-state index in [1.165, 1.54) is 28.4 Å². The molecule has 4 rings (SSSR count). The fraction of sp³-hybridized carbons (Fsp3) is 0.333. The van der Waals surface area contributed by atoms with Crippen molar-refractivity contribution in [2.24, 2.45) is 0 Å². The number of fused-ring (bicyclic) bond motifs is 1. The summed E-state index contributed by atoms with van der Waals surface area (Å²) in [7, 11) is 16.0. The zero-order valence-corrected chi connectivity index (χ0v) is 25.2. The Labute approximate surface area is 204 Å². The van der Waals surface area contributed by atoms with Gasteiger partial charge in [-0.25, -0.2) is 0 Å². The molecule has 1 atom stereocenters. The van der Waals surface area contributed by atoms with Crippen molar-refractivity contribution in [3.63, 3.8) is 0 Å². The van der Waals surface area contributed by atoms with E-state index < -0.39 is 35.7 Å². The molecule has 0 amide bonds. The molecule has 2 aliphatic carbocycles. The van der Waals surface area contributed by atoms with E-state index in [1.54, 1.807) is 0 Å². The third-order valence-electron chi connectivity index (χ3n) is 8.17. The van der Waals surface area contributed by atoms with Crippen LogP contribution in [0.15, 0.2) is 70.3 Å². The first-order valence-electron chi connectivity index (χ1n) is 11.3. The van der Waals surface area contributed by atoms with Crippen molar-refractivity contribution in [1.29, 1.82) is 0 Å². The second kappa shape index (κ2) is 8.40. The summed E-state index contributed by atoms with van der Waals surface area (Å²) < 4.78 is 29.8. The summed E-state index contributed by atoms with van der Waals surface area (Å²) in [4.78, 5) is 0. The molecule has 0 N–H and O–H groups in total. The van der Waals surface area contributed by atoms with Crippen molar-refractivity contribution in [3.05, 3.63) is 98.7 Å². The third-order valence-corrected chi connectivity index (χ3v) is 55.3. The molecule has 2 aromatic rings. The van der Waals surface area contributed by atoms with Crippen LogP contribution in [0.25, 0.3) is 5.57 Å². The standard InChI is InChI=1S/C16H11F2.C9H13.C2H6Si.2ClH.Zr/c1-10-7-13-14(8-12(17)9-15(13)18)16(10)11-5-3-2-4-6-11;1-6-5-7(2)9(4)8(6)3;1-3-2;;;/h2-9H,1H3;5H,1-4H3;1-2H3;2*1H;/q;;;;;+2/p-2. The Morgan fingerprint density at radius 1 is 0.788 bits per heavy atom. The Bertz CT molecular complexity index is 1330. The number of allylic oxidation sites excluding steroid dienone is 5. The molecule has 0 radical (unpaired) electrons. The van der Waals surface area contributed by atoms with Crippen LogP contribution in [0.5, 0.6) is 0 Å². The molecular weight excluding hydrogens is 553 g/mol. The third kappa shape index (κ3) is 3.50. The van der Waals surface area contributed by atoms with Crippen LogP contribution in [0, 0.1) is 11.6 Å². The van der Waals surface area contributed by atoms with Crippen molar-refractivity contribution in [3.8, 4) is 0 Å². The van der Waals surface area contributed by atoms with Gasteiger partial charge in [0.1, 0.15) is 0 Å². The summed E-state index contributed by atoms with van der Waals surface area (Å²) in [6, 6.07) is 12.3. The fourth-order valence-electron chi connectivity index (χ4n) is 6.19. The summed E-state index contributed by atoms with van der Waals surface area (Å²) in [5.41, 5.74) is 7.53. The van der Waals surface area contributed by atoms with Crippen molar-refractivity contribution >= 4 is 28.0 Å². The topological polar surface area (TPSA) is 0 Å². The maximum absolute atomic E-state index is 15.7. The average molecular weight is 583 g/mol. The van der Waals surface area contributed by atoms with Gasteiger partial charge in [-0.1, -0.05) is 0 Å². The quantitative estimate of drug-likeness (QED) is 0.316. The average Bonchev–Trinajstić information content (AvgIpc) is 3.15. The number of halogens is 4. The zero-order chi connectivity index (χ0) is 24.5. The number of benzene rings is 2. The molecule has 0 aliphatic heterocycles. The SMILES string of the molecule is CC1=C(C)[CH]([Zr]([Cl])([Cl])([CH]2C(C)=C(c3ccccc3)c3cc(F)cc(F)c32)=[Si](C)C)C(C)=C1C. The van der Waals surface area contributed by atoms with Crippen LogP contribution in [0.1, 0.15) is 54.9 Å². The first kappa shape index (κ1) is 25.3. The minimum atomic E-state index is -4.92. The molecule has 0 spiro atoms. The fourth-order valence-corrected chi connectivity index (χ4v) is 37.8. The van der Waals surface area contributed by atoms with Crippen LogP contribution in [-0.4, -0.2) is 5.43 Å². The van der Waals surface area contributed by atoms with Crippen LogP contribution >= 0.6 is 17.0 Å². The van der Waals surface area contributed by atoms with Gasteiger partial charge in [-0.2, -0.15) is 0 Å². The Morgan fingerprint density at radius 3 is 1.85 bits per heavy atom. The van der Waals surface area contributed by atoms with Gasteiger partial charge in [-0.3, -0.25) is 0 Å². The first-order valence-corrected chi connectivity index (χ1v) is 26.7. The second-order valence-electron chi connectivity index (χ2n) is 9.91. The van der Waals surface area contributed by atoms with E-state index in [2.05, 4.69) is 40.8 Å². The zero-order valence-electron chi connectivity index (χ0n) is 20.2. The summed E-state index contributed by atoms with van der Waals surface area (Å²) in [6.45, 7) is 14.9. The Kier molecular flexibility index (Phi) is 6.44. The molecule has 0 saturated carbocycles. The first-order chi connectivity index (χ1) is 15.3. The molecule has 0 nitrogen and oxygen atoms in total. The van der Waals surface area contributed by atoms with E-state index in [1.807, 2.05) is 37.3 Å². The normalized spacial score (nSPS) is 19.7. The van der Waals surface area contributed by atoms with Crippen LogP contribution in [-0.2, 0) is 15.0 Å². The summed E-state index contributed by atoms with van der Waals surface area (Å²) in [5, 5.41) is 0. The second-order valence-corrected chi connectivity index (χ2v) is 48.7. The Hall–Kier alpha value is -0.800. The predicted octanol–water partition coefficient (Wildman–Crippen LogP) is 9.56. The van der Waals surface area contributed by atoms with Gasteiger partial charge in [-0.05, 0) is 0 Å². The van der Waals surface area contributed by atoms with Gasteiger partial charge < -0.3 is 0 Å². The number of rotatable bonds is 3. The molecule has 2 aromatic carbocycles. The van der Waals surface area contributed by atoms with Crippen molar-refractivity contribution < 1.29 is 23.8 Å². The van der Waals surface area contributed by atoms with Gasteiger partial charge in [0.15, 0.2) is 0 Å². The van der Waals surface area contributed by atoms with Crippen LogP contribution < -0.4 is 0 Å². The summed E-state index contributed by atoms with van der Waals surface area (Å²) >= 11 is -4.92. The van der Waals surface area contributed by atoms with Crippen molar-refractivity contribution in [1.82, 2.24) is 0 Å². The monoisotopic (exact) mass is 580 g/mol. The molecule has 0 heterocycles. The van der Waals surface area contributed by atoms with E-state index in [9.17, 15) is 4.39 Å². The van der Waals surface area contributed by atoms with Gasteiger partial charge >= 0.3 is 205 Å². The molecule has 0 fully saturated rings. The molecule has 0 saturated heterocycles. The predicted molar refractivity (Wildman–Crippen MR) is 137 cm³/mol. The maximum atomic E-state index is 15.7. The Balaban J connectivity index is 2.16. The van der Waals surface area contributed by atoms with Crippen molar-refractivity contribution in [2.45, 2.75) is 55.0 Å². The Morgan fingerprint density at radius 2 is 1.33 bits per heavy atom. The van der Waals surface area contributed by atoms with Crippen LogP contribution in [0.2, 0.25) is 16.7 Å².